The summed E-state index contributed by atoms with van der Waals surface area (Å²) < 4.78 is 0. The Morgan fingerprint density at radius 3 is 2.62 bits per heavy atom. The Balaban J connectivity index is 2.54. The van der Waals surface area contributed by atoms with E-state index in [1.807, 2.05) is 11.9 Å². The fourth-order valence-corrected chi connectivity index (χ4v) is 2.73. The summed E-state index contributed by atoms with van der Waals surface area (Å²) in [7, 11) is 1.92. The van der Waals surface area contributed by atoms with Crippen LogP contribution in [-0.2, 0) is 4.79 Å². The predicted molar refractivity (Wildman–Crippen MR) is 67.1 cm³/mol. The first kappa shape index (κ1) is 13.5. The molecule has 3 heteroatoms. The van der Waals surface area contributed by atoms with E-state index < -0.39 is 0 Å². The summed E-state index contributed by atoms with van der Waals surface area (Å²) in [6.07, 6.45) is 6.70. The molecule has 94 valence electrons. The van der Waals surface area contributed by atoms with Crippen LogP contribution in [0.2, 0.25) is 0 Å². The lowest BCUT2D eigenvalue weighted by Crippen LogP contribution is -2.49. The maximum Gasteiger partial charge on any atom is 0.239 e. The number of amides is 1. The van der Waals surface area contributed by atoms with Crippen molar-refractivity contribution in [3.8, 4) is 0 Å². The van der Waals surface area contributed by atoms with Gasteiger partial charge in [-0.15, -0.1) is 0 Å². The van der Waals surface area contributed by atoms with Gasteiger partial charge in [0.05, 0.1) is 6.04 Å². The molecule has 0 aromatic carbocycles. The molecule has 1 saturated carbocycles. The van der Waals surface area contributed by atoms with Crippen LogP contribution < -0.4 is 5.73 Å². The van der Waals surface area contributed by atoms with Crippen LogP contribution in [0.4, 0.5) is 0 Å². The lowest BCUT2D eigenvalue weighted by Gasteiger charge is -2.37. The molecule has 3 unspecified atom stereocenters. The average Bonchev–Trinajstić information content (AvgIpc) is 2.28. The molecule has 1 fully saturated rings. The van der Waals surface area contributed by atoms with Gasteiger partial charge in [-0.2, -0.15) is 0 Å². The maximum absolute atomic E-state index is 12.1. The van der Waals surface area contributed by atoms with Crippen LogP contribution >= 0.6 is 0 Å². The van der Waals surface area contributed by atoms with E-state index in [0.29, 0.717) is 12.0 Å². The Hall–Kier alpha value is -0.570. The van der Waals surface area contributed by atoms with Crippen molar-refractivity contribution >= 4 is 5.91 Å². The van der Waals surface area contributed by atoms with Crippen LogP contribution in [0.1, 0.15) is 52.4 Å². The standard InChI is InChI=1S/C13H26N2O/c1-4-7-11(14)13(16)15(3)12-9-6-5-8-10(12)2/h10-12H,4-9,14H2,1-3H3. The van der Waals surface area contributed by atoms with Crippen molar-refractivity contribution in [3.05, 3.63) is 0 Å². The third-order valence-corrected chi connectivity index (χ3v) is 3.83. The first-order valence-corrected chi connectivity index (χ1v) is 6.60. The molecule has 0 radical (unpaired) electrons. The van der Waals surface area contributed by atoms with Crippen molar-refractivity contribution in [3.63, 3.8) is 0 Å². The minimum atomic E-state index is -0.302. The van der Waals surface area contributed by atoms with Gasteiger partial charge in [0, 0.05) is 13.1 Å². The highest BCUT2D eigenvalue weighted by Crippen LogP contribution is 2.27. The van der Waals surface area contributed by atoms with Crippen molar-refractivity contribution in [2.45, 2.75) is 64.5 Å². The Morgan fingerprint density at radius 2 is 2.06 bits per heavy atom. The molecule has 0 bridgehead atoms. The van der Waals surface area contributed by atoms with Gasteiger partial charge in [-0.05, 0) is 25.2 Å². The summed E-state index contributed by atoms with van der Waals surface area (Å²) >= 11 is 0. The van der Waals surface area contributed by atoms with Gasteiger partial charge in [0.25, 0.3) is 0 Å². The number of rotatable bonds is 4. The van der Waals surface area contributed by atoms with Crippen molar-refractivity contribution < 1.29 is 4.79 Å². The van der Waals surface area contributed by atoms with E-state index >= 15 is 0 Å². The van der Waals surface area contributed by atoms with E-state index in [9.17, 15) is 4.79 Å². The smallest absolute Gasteiger partial charge is 0.239 e. The van der Waals surface area contributed by atoms with Gasteiger partial charge in [0.2, 0.25) is 5.91 Å². The zero-order valence-corrected chi connectivity index (χ0v) is 10.9. The summed E-state index contributed by atoms with van der Waals surface area (Å²) in [6, 6.07) is 0.105. The fraction of sp³-hybridized carbons (Fsp3) is 0.923. The second-order valence-corrected chi connectivity index (χ2v) is 5.17. The Kier molecular flexibility index (Phi) is 5.26. The molecule has 0 saturated heterocycles. The largest absolute Gasteiger partial charge is 0.341 e. The van der Waals surface area contributed by atoms with Crippen LogP contribution in [-0.4, -0.2) is 29.9 Å². The van der Waals surface area contributed by atoms with Gasteiger partial charge >= 0.3 is 0 Å². The Morgan fingerprint density at radius 1 is 1.44 bits per heavy atom. The molecule has 1 aliphatic rings. The fourth-order valence-electron chi connectivity index (χ4n) is 2.73. The van der Waals surface area contributed by atoms with E-state index in [0.717, 1.165) is 19.3 Å². The van der Waals surface area contributed by atoms with E-state index in [4.69, 9.17) is 5.73 Å². The van der Waals surface area contributed by atoms with E-state index in [1.165, 1.54) is 19.3 Å². The normalized spacial score (nSPS) is 27.5. The Bertz CT molecular complexity index is 230. The zero-order valence-electron chi connectivity index (χ0n) is 10.9. The molecule has 1 amide bonds. The summed E-state index contributed by atoms with van der Waals surface area (Å²) in [5, 5.41) is 0. The van der Waals surface area contributed by atoms with Gasteiger partial charge in [-0.25, -0.2) is 0 Å². The molecule has 0 spiro atoms. The molecule has 0 aromatic rings. The second-order valence-electron chi connectivity index (χ2n) is 5.17. The molecular formula is C13H26N2O. The Labute approximate surface area is 99.4 Å². The highest BCUT2D eigenvalue weighted by atomic mass is 16.2. The van der Waals surface area contributed by atoms with Crippen molar-refractivity contribution in [1.82, 2.24) is 4.90 Å². The molecule has 3 nitrogen and oxygen atoms in total. The van der Waals surface area contributed by atoms with Crippen LogP contribution in [0.15, 0.2) is 0 Å². The van der Waals surface area contributed by atoms with Crippen molar-refractivity contribution in [1.29, 1.82) is 0 Å². The van der Waals surface area contributed by atoms with Crippen LogP contribution in [0.25, 0.3) is 0 Å². The van der Waals surface area contributed by atoms with Gasteiger partial charge < -0.3 is 10.6 Å². The molecule has 0 heterocycles. The summed E-state index contributed by atoms with van der Waals surface area (Å²) in [6.45, 7) is 4.31. The molecule has 0 aromatic heterocycles. The number of nitrogens with two attached hydrogens (primary N) is 1. The summed E-state index contributed by atoms with van der Waals surface area (Å²) in [5.74, 6) is 0.747. The minimum absolute atomic E-state index is 0.126. The lowest BCUT2D eigenvalue weighted by molar-refractivity contribution is -0.135. The molecule has 1 rings (SSSR count). The molecule has 0 aliphatic heterocycles. The number of likely N-dealkylation sites (N-methyl/N-ethyl adjacent to an activating group) is 1. The number of carbonyl (C=O) groups excluding carboxylic acids is 1. The highest BCUT2D eigenvalue weighted by molar-refractivity contribution is 5.81. The summed E-state index contributed by atoms with van der Waals surface area (Å²) in [4.78, 5) is 14.0. The van der Waals surface area contributed by atoms with Gasteiger partial charge in [0.15, 0.2) is 0 Å². The molecule has 1 aliphatic carbocycles. The van der Waals surface area contributed by atoms with E-state index in [2.05, 4.69) is 13.8 Å². The molecule has 2 N–H and O–H groups in total. The van der Waals surface area contributed by atoms with Crippen molar-refractivity contribution in [2.75, 3.05) is 7.05 Å². The van der Waals surface area contributed by atoms with Crippen LogP contribution in [0, 0.1) is 5.92 Å². The van der Waals surface area contributed by atoms with Gasteiger partial charge in [-0.3, -0.25) is 4.79 Å². The zero-order chi connectivity index (χ0) is 12.1. The number of hydrogen-bond donors (Lipinski definition) is 1. The van der Waals surface area contributed by atoms with E-state index in [1.54, 1.807) is 0 Å². The quantitative estimate of drug-likeness (QED) is 0.798. The SMILES string of the molecule is CCCC(N)C(=O)N(C)C1CCCCC1C. The monoisotopic (exact) mass is 226 g/mol. The number of hydrogen-bond acceptors (Lipinski definition) is 2. The number of nitrogens with zero attached hydrogens (tertiary/aromatic N) is 1. The van der Waals surface area contributed by atoms with Crippen LogP contribution in [0.3, 0.4) is 0 Å². The third kappa shape index (κ3) is 3.21. The van der Waals surface area contributed by atoms with E-state index in [-0.39, 0.29) is 11.9 Å². The molecular weight excluding hydrogens is 200 g/mol. The van der Waals surface area contributed by atoms with Gasteiger partial charge in [-0.1, -0.05) is 33.1 Å². The predicted octanol–water partition coefficient (Wildman–Crippen LogP) is 2.15. The van der Waals surface area contributed by atoms with Crippen LogP contribution in [0.5, 0.6) is 0 Å². The third-order valence-electron chi connectivity index (χ3n) is 3.83. The summed E-state index contributed by atoms with van der Waals surface area (Å²) in [5.41, 5.74) is 5.89. The van der Waals surface area contributed by atoms with Gasteiger partial charge in [0.1, 0.15) is 0 Å². The number of carbonyl (C=O) groups is 1. The maximum atomic E-state index is 12.1. The topological polar surface area (TPSA) is 46.3 Å². The second kappa shape index (κ2) is 6.24. The first-order valence-electron chi connectivity index (χ1n) is 6.60. The minimum Gasteiger partial charge on any atom is -0.341 e. The van der Waals surface area contributed by atoms with Crippen molar-refractivity contribution in [2.24, 2.45) is 11.7 Å². The first-order chi connectivity index (χ1) is 7.57. The lowest BCUT2D eigenvalue weighted by atomic mass is 9.85. The molecule has 3 atom stereocenters. The average molecular weight is 226 g/mol. The molecule has 16 heavy (non-hydrogen) atoms. The highest BCUT2D eigenvalue weighted by Gasteiger charge is 2.29.